The van der Waals surface area contributed by atoms with Crippen LogP contribution in [-0.4, -0.2) is 15.7 Å². The molecule has 3 aromatic rings. The van der Waals surface area contributed by atoms with Crippen molar-refractivity contribution in [1.29, 1.82) is 0 Å². The van der Waals surface area contributed by atoms with Crippen molar-refractivity contribution in [2.75, 3.05) is 10.6 Å². The van der Waals surface area contributed by atoms with Crippen LogP contribution in [0.4, 0.5) is 17.1 Å². The number of amides is 1. The number of hydrogen-bond acceptors (Lipinski definition) is 3. The maximum atomic E-state index is 12.2. The predicted molar refractivity (Wildman–Crippen MR) is 107 cm³/mol. The molecule has 1 amide bonds. The minimum absolute atomic E-state index is 0.170. The van der Waals surface area contributed by atoms with Gasteiger partial charge in [-0.1, -0.05) is 18.2 Å². The second-order valence-electron chi connectivity index (χ2n) is 6.10. The minimum atomic E-state index is -0.170. The molecular formula is C21H22N4O. The molecule has 0 fully saturated rings. The summed E-state index contributed by atoms with van der Waals surface area (Å²) in [5.41, 5.74) is 5.65. The third kappa shape index (κ3) is 4.19. The number of rotatable bonds is 5. The Bertz CT molecular complexity index is 925. The zero-order chi connectivity index (χ0) is 18.5. The molecule has 1 heterocycles. The van der Waals surface area contributed by atoms with Gasteiger partial charge < -0.3 is 10.6 Å². The molecule has 2 aromatic carbocycles. The van der Waals surface area contributed by atoms with E-state index in [0.29, 0.717) is 0 Å². The second kappa shape index (κ2) is 7.70. The molecule has 0 radical (unpaired) electrons. The molecule has 0 atom stereocenters. The summed E-state index contributed by atoms with van der Waals surface area (Å²) in [4.78, 5) is 12.2. The SMILES string of the molecule is Cc1nn(C)c(C)c1/C=C/C(=O)Nc1ccc(Nc2ccccc2)cc1. The normalized spacial score (nSPS) is 10.9. The average Bonchev–Trinajstić information content (AvgIpc) is 2.88. The van der Waals surface area contributed by atoms with Crippen LogP contribution in [0.25, 0.3) is 6.08 Å². The van der Waals surface area contributed by atoms with Crippen LogP contribution in [0.1, 0.15) is 17.0 Å². The molecule has 0 unspecified atom stereocenters. The Morgan fingerprint density at radius 1 is 0.962 bits per heavy atom. The highest BCUT2D eigenvalue weighted by molar-refractivity contribution is 6.02. The maximum Gasteiger partial charge on any atom is 0.248 e. The van der Waals surface area contributed by atoms with Gasteiger partial charge in [-0.15, -0.1) is 0 Å². The van der Waals surface area contributed by atoms with E-state index in [0.717, 1.165) is 34.0 Å². The Kier molecular flexibility index (Phi) is 5.17. The van der Waals surface area contributed by atoms with E-state index in [9.17, 15) is 4.79 Å². The van der Waals surface area contributed by atoms with Crippen molar-refractivity contribution in [1.82, 2.24) is 9.78 Å². The fourth-order valence-corrected chi connectivity index (χ4v) is 2.70. The van der Waals surface area contributed by atoms with Crippen LogP contribution in [0, 0.1) is 13.8 Å². The molecule has 0 bridgehead atoms. The molecule has 132 valence electrons. The van der Waals surface area contributed by atoms with Crippen LogP contribution < -0.4 is 10.6 Å². The van der Waals surface area contributed by atoms with Gasteiger partial charge in [0.25, 0.3) is 0 Å². The molecular weight excluding hydrogens is 324 g/mol. The topological polar surface area (TPSA) is 59.0 Å². The highest BCUT2D eigenvalue weighted by atomic mass is 16.1. The molecule has 0 aliphatic carbocycles. The van der Waals surface area contributed by atoms with Crippen LogP contribution in [0.5, 0.6) is 0 Å². The Labute approximate surface area is 153 Å². The van der Waals surface area contributed by atoms with Gasteiger partial charge in [0, 0.05) is 41.4 Å². The first-order valence-corrected chi connectivity index (χ1v) is 8.44. The fraction of sp³-hybridized carbons (Fsp3) is 0.143. The van der Waals surface area contributed by atoms with Gasteiger partial charge in [0.15, 0.2) is 0 Å². The van der Waals surface area contributed by atoms with Crippen molar-refractivity contribution in [2.24, 2.45) is 7.05 Å². The number of aryl methyl sites for hydroxylation is 2. The largest absolute Gasteiger partial charge is 0.356 e. The highest BCUT2D eigenvalue weighted by Crippen LogP contribution is 2.19. The first-order chi connectivity index (χ1) is 12.5. The van der Waals surface area contributed by atoms with Crippen molar-refractivity contribution >= 4 is 29.0 Å². The van der Waals surface area contributed by atoms with Crippen molar-refractivity contribution in [3.05, 3.63) is 77.6 Å². The average molecular weight is 346 g/mol. The molecule has 0 spiro atoms. The number of anilines is 3. The summed E-state index contributed by atoms with van der Waals surface area (Å²) < 4.78 is 1.81. The van der Waals surface area contributed by atoms with E-state index in [1.165, 1.54) is 6.08 Å². The lowest BCUT2D eigenvalue weighted by molar-refractivity contribution is -0.111. The molecule has 0 saturated carbocycles. The molecule has 0 aliphatic rings. The molecule has 26 heavy (non-hydrogen) atoms. The monoisotopic (exact) mass is 346 g/mol. The van der Waals surface area contributed by atoms with Gasteiger partial charge in [-0.2, -0.15) is 5.10 Å². The summed E-state index contributed by atoms with van der Waals surface area (Å²) in [5, 5.41) is 10.5. The number of nitrogens with zero attached hydrogens (tertiary/aromatic N) is 2. The Morgan fingerprint density at radius 3 is 2.19 bits per heavy atom. The lowest BCUT2D eigenvalue weighted by Gasteiger charge is -2.07. The summed E-state index contributed by atoms with van der Waals surface area (Å²) in [7, 11) is 1.89. The number of aromatic nitrogens is 2. The van der Waals surface area contributed by atoms with Crippen LogP contribution in [0.3, 0.4) is 0 Å². The summed E-state index contributed by atoms with van der Waals surface area (Å²) >= 11 is 0. The van der Waals surface area contributed by atoms with E-state index in [1.807, 2.05) is 80.2 Å². The summed E-state index contributed by atoms with van der Waals surface area (Å²) in [6.45, 7) is 3.92. The smallest absolute Gasteiger partial charge is 0.248 e. The van der Waals surface area contributed by atoms with E-state index in [4.69, 9.17) is 0 Å². The molecule has 0 aliphatic heterocycles. The molecule has 1 aromatic heterocycles. The maximum absolute atomic E-state index is 12.2. The summed E-state index contributed by atoms with van der Waals surface area (Å²) in [6, 6.07) is 17.6. The lowest BCUT2D eigenvalue weighted by atomic mass is 10.2. The van der Waals surface area contributed by atoms with Gasteiger partial charge in [-0.3, -0.25) is 9.48 Å². The third-order valence-corrected chi connectivity index (χ3v) is 4.18. The highest BCUT2D eigenvalue weighted by Gasteiger charge is 2.06. The van der Waals surface area contributed by atoms with Gasteiger partial charge in [0.05, 0.1) is 5.69 Å². The zero-order valence-electron chi connectivity index (χ0n) is 15.2. The molecule has 5 nitrogen and oxygen atoms in total. The van der Waals surface area contributed by atoms with Crippen LogP contribution in [-0.2, 0) is 11.8 Å². The van der Waals surface area contributed by atoms with Crippen molar-refractivity contribution in [3.8, 4) is 0 Å². The number of carbonyl (C=O) groups is 1. The minimum Gasteiger partial charge on any atom is -0.356 e. The first-order valence-electron chi connectivity index (χ1n) is 8.44. The second-order valence-corrected chi connectivity index (χ2v) is 6.10. The Balaban J connectivity index is 1.61. The Morgan fingerprint density at radius 2 is 1.58 bits per heavy atom. The van der Waals surface area contributed by atoms with Gasteiger partial charge in [0.2, 0.25) is 5.91 Å². The van der Waals surface area contributed by atoms with Crippen molar-refractivity contribution in [3.63, 3.8) is 0 Å². The first kappa shape index (κ1) is 17.5. The van der Waals surface area contributed by atoms with Crippen molar-refractivity contribution in [2.45, 2.75) is 13.8 Å². The van der Waals surface area contributed by atoms with E-state index in [1.54, 1.807) is 6.08 Å². The standard InChI is InChI=1S/C21H22N4O/c1-15-20(16(2)25(3)24-15)13-14-21(26)23-19-11-9-18(10-12-19)22-17-7-5-4-6-8-17/h4-14,22H,1-3H3,(H,23,26)/b14-13+. The number of benzene rings is 2. The predicted octanol–water partition coefficient (Wildman–Crippen LogP) is 4.43. The quantitative estimate of drug-likeness (QED) is 0.672. The van der Waals surface area contributed by atoms with Crippen LogP contribution in [0.15, 0.2) is 60.7 Å². The zero-order valence-corrected chi connectivity index (χ0v) is 15.2. The van der Waals surface area contributed by atoms with E-state index < -0.39 is 0 Å². The lowest BCUT2D eigenvalue weighted by Crippen LogP contribution is -2.07. The van der Waals surface area contributed by atoms with Crippen LogP contribution in [0.2, 0.25) is 0 Å². The van der Waals surface area contributed by atoms with Gasteiger partial charge >= 0.3 is 0 Å². The molecule has 3 rings (SSSR count). The van der Waals surface area contributed by atoms with Crippen molar-refractivity contribution < 1.29 is 4.79 Å². The number of hydrogen-bond donors (Lipinski definition) is 2. The van der Waals surface area contributed by atoms with Gasteiger partial charge in [-0.05, 0) is 56.3 Å². The number of para-hydroxylation sites is 1. The van der Waals surface area contributed by atoms with E-state index in [2.05, 4.69) is 15.7 Å². The van der Waals surface area contributed by atoms with E-state index >= 15 is 0 Å². The number of carbonyl (C=O) groups excluding carboxylic acids is 1. The fourth-order valence-electron chi connectivity index (χ4n) is 2.70. The Hall–Kier alpha value is -3.34. The summed E-state index contributed by atoms with van der Waals surface area (Å²) in [5.74, 6) is -0.170. The van der Waals surface area contributed by atoms with E-state index in [-0.39, 0.29) is 5.91 Å². The molecule has 5 heteroatoms. The van der Waals surface area contributed by atoms with Gasteiger partial charge in [0.1, 0.15) is 0 Å². The molecule has 2 N–H and O–H groups in total. The van der Waals surface area contributed by atoms with Gasteiger partial charge in [-0.25, -0.2) is 0 Å². The molecule has 0 saturated heterocycles. The number of nitrogens with one attached hydrogen (secondary N) is 2. The summed E-state index contributed by atoms with van der Waals surface area (Å²) in [6.07, 6.45) is 3.34. The third-order valence-electron chi connectivity index (χ3n) is 4.18. The van der Waals surface area contributed by atoms with Crippen LogP contribution >= 0.6 is 0 Å².